The van der Waals surface area contributed by atoms with Crippen molar-refractivity contribution < 1.29 is 13.9 Å². The normalized spacial score (nSPS) is 16.4. The number of esters is 1. The molecule has 1 unspecified atom stereocenters. The summed E-state index contributed by atoms with van der Waals surface area (Å²) in [5.41, 5.74) is 1.29. The number of methoxy groups -OCH3 is 1. The van der Waals surface area contributed by atoms with Crippen LogP contribution in [0, 0.1) is 18.7 Å². The number of carbonyl (C=O) groups is 1. The Labute approximate surface area is 106 Å². The highest BCUT2D eigenvalue weighted by Gasteiger charge is 2.28. The molecule has 0 heterocycles. The Morgan fingerprint density at radius 1 is 1.56 bits per heavy atom. The van der Waals surface area contributed by atoms with Gasteiger partial charge in [-0.15, -0.1) is 0 Å². The van der Waals surface area contributed by atoms with E-state index in [4.69, 9.17) is 4.74 Å². The Kier molecular flexibility index (Phi) is 3.97. The van der Waals surface area contributed by atoms with Crippen molar-refractivity contribution >= 4 is 5.97 Å². The fourth-order valence-corrected chi connectivity index (χ4v) is 1.93. The van der Waals surface area contributed by atoms with Crippen LogP contribution in [0.3, 0.4) is 0 Å². The van der Waals surface area contributed by atoms with Crippen LogP contribution in [-0.2, 0) is 9.53 Å². The van der Waals surface area contributed by atoms with Gasteiger partial charge in [-0.1, -0.05) is 17.7 Å². The van der Waals surface area contributed by atoms with E-state index in [-0.39, 0.29) is 5.82 Å². The van der Waals surface area contributed by atoms with E-state index < -0.39 is 12.0 Å². The number of rotatable bonds is 5. The van der Waals surface area contributed by atoms with Gasteiger partial charge in [0.1, 0.15) is 11.9 Å². The summed E-state index contributed by atoms with van der Waals surface area (Å²) >= 11 is 0. The molecule has 0 amide bonds. The summed E-state index contributed by atoms with van der Waals surface area (Å²) < 4.78 is 18.6. The maximum Gasteiger partial charge on any atom is 0.327 e. The maximum atomic E-state index is 13.8. The number of nitrogens with one attached hydrogen (secondary N) is 1. The van der Waals surface area contributed by atoms with Gasteiger partial charge >= 0.3 is 5.97 Å². The minimum absolute atomic E-state index is 0.363. The van der Waals surface area contributed by atoms with Gasteiger partial charge in [-0.05, 0) is 38.3 Å². The van der Waals surface area contributed by atoms with Crippen LogP contribution in [-0.4, -0.2) is 19.6 Å². The number of ether oxygens (including phenoxy) is 1. The number of benzene rings is 1. The van der Waals surface area contributed by atoms with E-state index in [1.54, 1.807) is 12.1 Å². The molecular weight excluding hydrogens is 233 g/mol. The Balaban J connectivity index is 2.19. The average Bonchev–Trinajstić information content (AvgIpc) is 3.17. The lowest BCUT2D eigenvalue weighted by molar-refractivity contribution is -0.143. The topological polar surface area (TPSA) is 38.3 Å². The predicted molar refractivity (Wildman–Crippen MR) is 66.6 cm³/mol. The van der Waals surface area contributed by atoms with Crippen LogP contribution in [0.25, 0.3) is 0 Å². The average molecular weight is 251 g/mol. The van der Waals surface area contributed by atoms with Crippen LogP contribution in [0.15, 0.2) is 18.2 Å². The summed E-state index contributed by atoms with van der Waals surface area (Å²) in [5.74, 6) is -0.204. The highest BCUT2D eigenvalue weighted by Crippen LogP contribution is 2.29. The molecule has 1 fully saturated rings. The smallest absolute Gasteiger partial charge is 0.327 e. The minimum Gasteiger partial charge on any atom is -0.468 e. The predicted octanol–water partition coefficient (Wildman–Crippen LogP) is 2.35. The van der Waals surface area contributed by atoms with Gasteiger partial charge in [0.25, 0.3) is 0 Å². The molecule has 1 saturated carbocycles. The van der Waals surface area contributed by atoms with Gasteiger partial charge < -0.3 is 10.1 Å². The first-order valence-electron chi connectivity index (χ1n) is 6.19. The Morgan fingerprint density at radius 3 is 2.89 bits per heavy atom. The summed E-state index contributed by atoms with van der Waals surface area (Å²) in [6.07, 6.45) is 2.36. The highest BCUT2D eigenvalue weighted by molar-refractivity contribution is 5.77. The van der Waals surface area contributed by atoms with Crippen LogP contribution in [0.5, 0.6) is 0 Å². The number of hydrogen-bond donors (Lipinski definition) is 1. The van der Waals surface area contributed by atoms with E-state index in [1.165, 1.54) is 26.0 Å². The molecule has 0 aliphatic heterocycles. The quantitative estimate of drug-likeness (QED) is 0.816. The van der Waals surface area contributed by atoms with Crippen molar-refractivity contribution in [1.82, 2.24) is 5.32 Å². The largest absolute Gasteiger partial charge is 0.468 e. The molecule has 0 aromatic heterocycles. The number of halogens is 1. The van der Waals surface area contributed by atoms with Gasteiger partial charge in [0.15, 0.2) is 0 Å². The van der Waals surface area contributed by atoms with Crippen molar-refractivity contribution in [1.29, 1.82) is 0 Å². The van der Waals surface area contributed by atoms with E-state index in [2.05, 4.69) is 5.32 Å². The number of hydrogen-bond acceptors (Lipinski definition) is 3. The first-order valence-corrected chi connectivity index (χ1v) is 6.19. The van der Waals surface area contributed by atoms with Crippen molar-refractivity contribution in [2.24, 2.45) is 5.92 Å². The molecule has 1 aromatic rings. The van der Waals surface area contributed by atoms with Crippen molar-refractivity contribution in [3.05, 3.63) is 35.1 Å². The summed E-state index contributed by atoms with van der Waals surface area (Å²) in [4.78, 5) is 11.8. The third kappa shape index (κ3) is 3.07. The van der Waals surface area contributed by atoms with Crippen molar-refractivity contribution in [3.63, 3.8) is 0 Å². The summed E-state index contributed by atoms with van der Waals surface area (Å²) in [6, 6.07) is 4.06. The molecule has 0 bridgehead atoms. The molecule has 0 saturated heterocycles. The lowest BCUT2D eigenvalue weighted by Gasteiger charge is -2.17. The molecule has 4 heteroatoms. The Hall–Kier alpha value is -1.42. The van der Waals surface area contributed by atoms with Gasteiger partial charge in [0, 0.05) is 5.56 Å². The molecule has 3 nitrogen and oxygen atoms in total. The van der Waals surface area contributed by atoms with Crippen LogP contribution in [0.4, 0.5) is 4.39 Å². The molecule has 1 aliphatic rings. The third-order valence-electron chi connectivity index (χ3n) is 3.21. The molecular formula is C14H18FNO2. The number of carbonyl (C=O) groups excluding carboxylic acids is 1. The molecule has 1 aromatic carbocycles. The standard InChI is InChI=1S/C14H18FNO2/c1-9-3-6-12(15)11(7-9)13(14(17)18-2)16-8-10-4-5-10/h3,6-7,10,13,16H,4-5,8H2,1-2H3. The van der Waals surface area contributed by atoms with E-state index in [0.29, 0.717) is 11.5 Å². The van der Waals surface area contributed by atoms with Gasteiger partial charge in [-0.2, -0.15) is 0 Å². The molecule has 18 heavy (non-hydrogen) atoms. The summed E-state index contributed by atoms with van der Waals surface area (Å²) in [5, 5.41) is 3.10. The van der Waals surface area contributed by atoms with Crippen molar-refractivity contribution in [3.8, 4) is 0 Å². The molecule has 0 spiro atoms. The van der Waals surface area contributed by atoms with Gasteiger partial charge in [0.2, 0.25) is 0 Å². The van der Waals surface area contributed by atoms with E-state index in [9.17, 15) is 9.18 Å². The van der Waals surface area contributed by atoms with Crippen LogP contribution in [0.2, 0.25) is 0 Å². The number of aryl methyl sites for hydroxylation is 1. The minimum atomic E-state index is -0.713. The zero-order valence-electron chi connectivity index (χ0n) is 10.7. The van der Waals surface area contributed by atoms with Crippen LogP contribution < -0.4 is 5.32 Å². The third-order valence-corrected chi connectivity index (χ3v) is 3.21. The molecule has 98 valence electrons. The SMILES string of the molecule is COC(=O)C(NCC1CC1)c1cc(C)ccc1F. The van der Waals surface area contributed by atoms with Gasteiger partial charge in [0.05, 0.1) is 7.11 Å². The second-order valence-electron chi connectivity index (χ2n) is 4.83. The zero-order valence-corrected chi connectivity index (χ0v) is 10.7. The van der Waals surface area contributed by atoms with Gasteiger partial charge in [-0.25, -0.2) is 9.18 Å². The molecule has 1 N–H and O–H groups in total. The first-order chi connectivity index (χ1) is 8.61. The molecule has 2 rings (SSSR count). The van der Waals surface area contributed by atoms with Crippen molar-refractivity contribution in [2.45, 2.75) is 25.8 Å². The lowest BCUT2D eigenvalue weighted by atomic mass is 10.0. The van der Waals surface area contributed by atoms with Crippen LogP contribution >= 0.6 is 0 Å². The summed E-state index contributed by atoms with van der Waals surface area (Å²) in [7, 11) is 1.32. The first kappa shape index (κ1) is 13.0. The molecule has 1 atom stereocenters. The van der Waals surface area contributed by atoms with E-state index >= 15 is 0 Å². The monoisotopic (exact) mass is 251 g/mol. The highest BCUT2D eigenvalue weighted by atomic mass is 19.1. The van der Waals surface area contributed by atoms with Crippen molar-refractivity contribution in [2.75, 3.05) is 13.7 Å². The lowest BCUT2D eigenvalue weighted by Crippen LogP contribution is -2.32. The second kappa shape index (κ2) is 5.48. The maximum absolute atomic E-state index is 13.8. The Bertz CT molecular complexity index is 443. The van der Waals surface area contributed by atoms with E-state index in [0.717, 1.165) is 12.1 Å². The second-order valence-corrected chi connectivity index (χ2v) is 4.83. The zero-order chi connectivity index (χ0) is 13.1. The fraction of sp³-hybridized carbons (Fsp3) is 0.500. The molecule has 1 aliphatic carbocycles. The van der Waals surface area contributed by atoms with Gasteiger partial charge in [-0.3, -0.25) is 0 Å². The Morgan fingerprint density at radius 2 is 2.28 bits per heavy atom. The van der Waals surface area contributed by atoms with Crippen LogP contribution in [0.1, 0.15) is 30.0 Å². The van der Waals surface area contributed by atoms with E-state index in [1.807, 2.05) is 6.92 Å². The molecule has 0 radical (unpaired) electrons. The summed E-state index contributed by atoms with van der Waals surface area (Å²) in [6.45, 7) is 2.60. The fourth-order valence-electron chi connectivity index (χ4n) is 1.93.